The van der Waals surface area contributed by atoms with E-state index < -0.39 is 5.60 Å². The van der Waals surface area contributed by atoms with E-state index in [9.17, 15) is 4.79 Å². The Bertz CT molecular complexity index is 1070. The topological polar surface area (TPSA) is 85.2 Å². The minimum Gasteiger partial charge on any atom is -0.444 e. The number of nitrogens with zero attached hydrogens (tertiary/aromatic N) is 5. The number of hydrogen-bond donors (Lipinski definition) is 1. The van der Waals surface area contributed by atoms with Crippen molar-refractivity contribution in [2.75, 3.05) is 18.4 Å². The van der Waals surface area contributed by atoms with Crippen molar-refractivity contribution in [2.45, 2.75) is 39.3 Å². The summed E-state index contributed by atoms with van der Waals surface area (Å²) in [6.45, 7) is 8.79. The molecular weight excluding hydrogens is 436 g/mol. The number of benzene rings is 1. The zero-order valence-corrected chi connectivity index (χ0v) is 18.4. The van der Waals surface area contributed by atoms with Crippen molar-refractivity contribution in [3.05, 3.63) is 40.9 Å². The number of fused-ring (bicyclic) bond motifs is 1. The Morgan fingerprint density at radius 2 is 2.03 bits per heavy atom. The van der Waals surface area contributed by atoms with E-state index in [2.05, 4.69) is 42.4 Å². The maximum absolute atomic E-state index is 12.1. The van der Waals surface area contributed by atoms with Crippen LogP contribution in [0.2, 0.25) is 0 Å². The Balaban J connectivity index is 1.45. The lowest BCUT2D eigenvalue weighted by molar-refractivity contribution is -0.000378. The van der Waals surface area contributed by atoms with Crippen LogP contribution in [0.25, 0.3) is 10.9 Å². The standard InChI is InChI=1S/C20H23BrN6O2/c1-12-5-15-17(16(21)6-12)22-11-23-18(15)25-13-7-24-27(8-13)14-9-26(10-14)19(28)29-20(2,3)4/h5-8,11,14H,9-10H2,1-4H3,(H,22,23,25). The van der Waals surface area contributed by atoms with E-state index in [4.69, 9.17) is 4.74 Å². The molecule has 0 aliphatic carbocycles. The van der Waals surface area contributed by atoms with Gasteiger partial charge in [0, 0.05) is 29.1 Å². The molecule has 8 nitrogen and oxygen atoms in total. The van der Waals surface area contributed by atoms with Crippen molar-refractivity contribution in [1.82, 2.24) is 24.6 Å². The number of aryl methyl sites for hydroxylation is 1. The summed E-state index contributed by atoms with van der Waals surface area (Å²) in [7, 11) is 0. The number of carbonyl (C=O) groups is 1. The Morgan fingerprint density at radius 1 is 1.28 bits per heavy atom. The normalized spacial score (nSPS) is 14.7. The van der Waals surface area contributed by atoms with Crippen LogP contribution in [0.1, 0.15) is 32.4 Å². The minimum atomic E-state index is -0.487. The number of halogens is 1. The van der Waals surface area contributed by atoms with Gasteiger partial charge >= 0.3 is 6.09 Å². The number of rotatable bonds is 3. The van der Waals surface area contributed by atoms with Gasteiger partial charge in [0.1, 0.15) is 17.7 Å². The summed E-state index contributed by atoms with van der Waals surface area (Å²) < 4.78 is 8.20. The molecule has 1 N–H and O–H groups in total. The van der Waals surface area contributed by atoms with E-state index in [1.807, 2.05) is 44.6 Å². The van der Waals surface area contributed by atoms with Crippen LogP contribution < -0.4 is 5.32 Å². The summed E-state index contributed by atoms with van der Waals surface area (Å²) in [6.07, 6.45) is 4.94. The molecule has 0 radical (unpaired) electrons. The van der Waals surface area contributed by atoms with E-state index in [1.54, 1.807) is 17.4 Å². The van der Waals surface area contributed by atoms with Gasteiger partial charge in [0.2, 0.25) is 0 Å². The fraction of sp³-hybridized carbons (Fsp3) is 0.400. The number of anilines is 2. The first-order valence-electron chi connectivity index (χ1n) is 9.39. The fourth-order valence-electron chi connectivity index (χ4n) is 3.20. The number of ether oxygens (including phenoxy) is 1. The van der Waals surface area contributed by atoms with Crippen LogP contribution in [-0.4, -0.2) is 49.4 Å². The third-order valence-electron chi connectivity index (χ3n) is 4.59. The molecule has 0 spiro atoms. The number of likely N-dealkylation sites (tertiary alicyclic amines) is 1. The molecule has 1 aromatic carbocycles. The maximum atomic E-state index is 12.1. The van der Waals surface area contributed by atoms with Crippen LogP contribution in [0.15, 0.2) is 35.3 Å². The first kappa shape index (κ1) is 19.6. The predicted octanol–water partition coefficient (Wildman–Crippen LogP) is 4.43. The molecule has 1 fully saturated rings. The molecule has 1 saturated heterocycles. The average molecular weight is 459 g/mol. The maximum Gasteiger partial charge on any atom is 0.410 e. The summed E-state index contributed by atoms with van der Waals surface area (Å²) in [6, 6.07) is 4.22. The molecule has 1 aliphatic rings. The van der Waals surface area contributed by atoms with Crippen molar-refractivity contribution >= 4 is 44.4 Å². The highest BCUT2D eigenvalue weighted by Gasteiger charge is 2.35. The van der Waals surface area contributed by atoms with Gasteiger partial charge in [-0.1, -0.05) is 0 Å². The van der Waals surface area contributed by atoms with E-state index >= 15 is 0 Å². The molecule has 1 aliphatic heterocycles. The summed E-state index contributed by atoms with van der Waals surface area (Å²) in [5.74, 6) is 0.725. The Morgan fingerprint density at radius 3 is 2.76 bits per heavy atom. The summed E-state index contributed by atoms with van der Waals surface area (Å²) in [5, 5.41) is 8.71. The van der Waals surface area contributed by atoms with Gasteiger partial charge in [0.25, 0.3) is 0 Å². The van der Waals surface area contributed by atoms with Gasteiger partial charge in [-0.2, -0.15) is 5.10 Å². The molecule has 9 heteroatoms. The second kappa shape index (κ2) is 7.29. The molecule has 1 amide bonds. The lowest BCUT2D eigenvalue weighted by atomic mass is 10.1. The SMILES string of the molecule is Cc1cc(Br)c2ncnc(Nc3cnn(C4CN(C(=O)OC(C)(C)C)C4)c3)c2c1. The summed E-state index contributed by atoms with van der Waals surface area (Å²) in [5.41, 5.74) is 2.32. The number of amides is 1. The van der Waals surface area contributed by atoms with Crippen molar-refractivity contribution in [3.8, 4) is 0 Å². The highest BCUT2D eigenvalue weighted by molar-refractivity contribution is 9.10. The monoisotopic (exact) mass is 458 g/mol. The van der Waals surface area contributed by atoms with E-state index in [0.717, 1.165) is 32.4 Å². The fourth-order valence-corrected chi connectivity index (χ4v) is 3.87. The minimum absolute atomic E-state index is 0.136. The number of aromatic nitrogens is 4. The third-order valence-corrected chi connectivity index (χ3v) is 5.19. The van der Waals surface area contributed by atoms with Crippen LogP contribution in [-0.2, 0) is 4.74 Å². The molecule has 0 bridgehead atoms. The van der Waals surface area contributed by atoms with Crippen LogP contribution in [0.4, 0.5) is 16.3 Å². The molecule has 0 atom stereocenters. The molecule has 152 valence electrons. The predicted molar refractivity (Wildman–Crippen MR) is 114 cm³/mol. The first-order valence-corrected chi connectivity index (χ1v) is 10.2. The zero-order chi connectivity index (χ0) is 20.8. The van der Waals surface area contributed by atoms with Gasteiger partial charge in [-0.15, -0.1) is 0 Å². The third kappa shape index (κ3) is 4.19. The average Bonchev–Trinajstić information content (AvgIpc) is 3.00. The van der Waals surface area contributed by atoms with Gasteiger partial charge in [-0.05, 0) is 61.3 Å². The van der Waals surface area contributed by atoms with Gasteiger partial charge in [0.15, 0.2) is 0 Å². The second-order valence-corrected chi connectivity index (χ2v) is 9.09. The van der Waals surface area contributed by atoms with Crippen molar-refractivity contribution in [2.24, 2.45) is 0 Å². The molecule has 2 aromatic heterocycles. The summed E-state index contributed by atoms with van der Waals surface area (Å²) in [4.78, 5) is 22.5. The largest absolute Gasteiger partial charge is 0.444 e. The molecule has 0 saturated carbocycles. The highest BCUT2D eigenvalue weighted by Crippen LogP contribution is 2.30. The molecular formula is C20H23BrN6O2. The smallest absolute Gasteiger partial charge is 0.410 e. The van der Waals surface area contributed by atoms with Gasteiger partial charge in [-0.25, -0.2) is 14.8 Å². The highest BCUT2D eigenvalue weighted by atomic mass is 79.9. The Kier molecular flexibility index (Phi) is 4.94. The van der Waals surface area contributed by atoms with E-state index in [0.29, 0.717) is 13.1 Å². The van der Waals surface area contributed by atoms with E-state index in [-0.39, 0.29) is 12.1 Å². The Hall–Kier alpha value is -2.68. The van der Waals surface area contributed by atoms with Crippen LogP contribution in [0.5, 0.6) is 0 Å². The van der Waals surface area contributed by atoms with Gasteiger partial charge < -0.3 is 15.0 Å². The van der Waals surface area contributed by atoms with Crippen molar-refractivity contribution < 1.29 is 9.53 Å². The number of nitrogens with one attached hydrogen (secondary N) is 1. The number of hydrogen-bond acceptors (Lipinski definition) is 6. The van der Waals surface area contributed by atoms with Crippen molar-refractivity contribution in [1.29, 1.82) is 0 Å². The second-order valence-electron chi connectivity index (χ2n) is 8.24. The lowest BCUT2D eigenvalue weighted by Crippen LogP contribution is -2.52. The van der Waals surface area contributed by atoms with Gasteiger partial charge in [-0.3, -0.25) is 4.68 Å². The molecule has 29 heavy (non-hydrogen) atoms. The molecule has 4 rings (SSSR count). The van der Waals surface area contributed by atoms with Crippen LogP contribution in [0.3, 0.4) is 0 Å². The van der Waals surface area contributed by atoms with Crippen molar-refractivity contribution in [3.63, 3.8) is 0 Å². The molecule has 3 aromatic rings. The quantitative estimate of drug-likeness (QED) is 0.624. The van der Waals surface area contributed by atoms with Crippen LogP contribution in [0, 0.1) is 6.92 Å². The zero-order valence-electron chi connectivity index (χ0n) is 16.8. The number of carbonyl (C=O) groups excluding carboxylic acids is 1. The molecule has 3 heterocycles. The molecule has 0 unspecified atom stereocenters. The summed E-state index contributed by atoms with van der Waals surface area (Å²) >= 11 is 3.57. The first-order chi connectivity index (χ1) is 13.7. The lowest BCUT2D eigenvalue weighted by Gasteiger charge is -2.39. The van der Waals surface area contributed by atoms with Crippen LogP contribution >= 0.6 is 15.9 Å². The van der Waals surface area contributed by atoms with Gasteiger partial charge in [0.05, 0.1) is 23.4 Å². The Labute approximate surface area is 177 Å². The van der Waals surface area contributed by atoms with E-state index in [1.165, 1.54) is 0 Å².